The predicted molar refractivity (Wildman–Crippen MR) is 79.4 cm³/mol. The van der Waals surface area contributed by atoms with E-state index in [1.807, 2.05) is 0 Å². The van der Waals surface area contributed by atoms with Crippen molar-refractivity contribution in [3.8, 4) is 5.75 Å². The first-order valence-electron chi connectivity index (χ1n) is 6.87. The summed E-state index contributed by atoms with van der Waals surface area (Å²) >= 11 is 0. The van der Waals surface area contributed by atoms with Crippen LogP contribution in [0.3, 0.4) is 0 Å². The number of fused-ring (bicyclic) bond motifs is 1. The molecule has 0 radical (unpaired) electrons. The second-order valence-corrected chi connectivity index (χ2v) is 5.51. The molecule has 1 saturated carbocycles. The minimum atomic E-state index is -1.49. The van der Waals surface area contributed by atoms with E-state index in [9.17, 15) is 23.5 Å². The van der Waals surface area contributed by atoms with Gasteiger partial charge in [0.05, 0.1) is 29.7 Å². The number of pyridine rings is 1. The van der Waals surface area contributed by atoms with Gasteiger partial charge in [-0.25, -0.2) is 13.6 Å². The van der Waals surface area contributed by atoms with Crippen molar-refractivity contribution < 1.29 is 23.4 Å². The SMILES string of the molecule is COc1c(C)c(F)c(N)c2c(=O)c(C(=O)O)cn([C@@H]3C[C@@H]3F)c12. The minimum Gasteiger partial charge on any atom is -0.494 e. The third-order valence-electron chi connectivity index (χ3n) is 4.10. The van der Waals surface area contributed by atoms with Gasteiger partial charge in [0.25, 0.3) is 0 Å². The van der Waals surface area contributed by atoms with Crippen LogP contribution in [0.1, 0.15) is 28.4 Å². The number of rotatable bonds is 3. The highest BCUT2D eigenvalue weighted by molar-refractivity contribution is 6.00. The van der Waals surface area contributed by atoms with Crippen LogP contribution in [0.4, 0.5) is 14.5 Å². The van der Waals surface area contributed by atoms with Crippen LogP contribution >= 0.6 is 0 Å². The largest absolute Gasteiger partial charge is 0.494 e. The summed E-state index contributed by atoms with van der Waals surface area (Å²) in [5, 5.41) is 8.88. The number of nitrogens with zero attached hydrogens (tertiary/aromatic N) is 1. The third kappa shape index (κ3) is 2.05. The normalized spacial score (nSPS) is 19.8. The summed E-state index contributed by atoms with van der Waals surface area (Å²) in [6, 6.07) is -0.630. The van der Waals surface area contributed by atoms with Crippen molar-refractivity contribution in [2.24, 2.45) is 0 Å². The zero-order valence-corrected chi connectivity index (χ0v) is 12.4. The second kappa shape index (κ2) is 4.94. The lowest BCUT2D eigenvalue weighted by atomic mass is 10.0. The van der Waals surface area contributed by atoms with E-state index in [1.165, 1.54) is 18.6 Å². The Morgan fingerprint density at radius 3 is 2.61 bits per heavy atom. The molecule has 122 valence electrons. The van der Waals surface area contributed by atoms with Gasteiger partial charge in [-0.05, 0) is 6.92 Å². The maximum Gasteiger partial charge on any atom is 0.341 e. The van der Waals surface area contributed by atoms with Gasteiger partial charge in [0.1, 0.15) is 17.5 Å². The summed E-state index contributed by atoms with van der Waals surface area (Å²) in [6.45, 7) is 1.42. The molecule has 0 aliphatic heterocycles. The quantitative estimate of drug-likeness (QED) is 0.842. The molecule has 0 spiro atoms. The molecule has 8 heteroatoms. The molecular weight excluding hydrogens is 310 g/mol. The molecule has 6 nitrogen and oxygen atoms in total. The lowest BCUT2D eigenvalue weighted by Crippen LogP contribution is -2.21. The molecule has 0 amide bonds. The number of benzene rings is 1. The van der Waals surface area contributed by atoms with E-state index in [0.717, 1.165) is 6.20 Å². The summed E-state index contributed by atoms with van der Waals surface area (Å²) in [7, 11) is 1.29. The summed E-state index contributed by atoms with van der Waals surface area (Å²) in [5.74, 6) is -2.30. The smallest absolute Gasteiger partial charge is 0.341 e. The fraction of sp³-hybridized carbons (Fsp3) is 0.333. The number of carbonyl (C=O) groups is 1. The maximum atomic E-state index is 14.3. The Hall–Kier alpha value is -2.64. The number of carboxylic acid groups (broad SMARTS) is 1. The maximum absolute atomic E-state index is 14.3. The zero-order chi connectivity index (χ0) is 17.0. The van der Waals surface area contributed by atoms with Crippen molar-refractivity contribution in [3.63, 3.8) is 0 Å². The second-order valence-electron chi connectivity index (χ2n) is 5.51. The van der Waals surface area contributed by atoms with Gasteiger partial charge in [-0.3, -0.25) is 4.79 Å². The Balaban J connectivity index is 2.57. The van der Waals surface area contributed by atoms with Gasteiger partial charge in [-0.1, -0.05) is 0 Å². The van der Waals surface area contributed by atoms with Crippen molar-refractivity contribution in [2.75, 3.05) is 12.8 Å². The van der Waals surface area contributed by atoms with Crippen LogP contribution in [0.15, 0.2) is 11.0 Å². The number of anilines is 1. The molecule has 1 heterocycles. The number of alkyl halides is 1. The number of ether oxygens (including phenoxy) is 1. The summed E-state index contributed by atoms with van der Waals surface area (Å²) in [4.78, 5) is 23.7. The lowest BCUT2D eigenvalue weighted by Gasteiger charge is -2.18. The van der Waals surface area contributed by atoms with Crippen molar-refractivity contribution in [2.45, 2.75) is 25.6 Å². The van der Waals surface area contributed by atoms with Crippen LogP contribution in [0.5, 0.6) is 5.75 Å². The number of nitrogen functional groups attached to an aromatic ring is 1. The van der Waals surface area contributed by atoms with Crippen LogP contribution in [0, 0.1) is 12.7 Å². The van der Waals surface area contributed by atoms with E-state index in [-0.39, 0.29) is 28.6 Å². The van der Waals surface area contributed by atoms with Gasteiger partial charge in [-0.2, -0.15) is 0 Å². The van der Waals surface area contributed by atoms with Gasteiger partial charge in [0.15, 0.2) is 5.82 Å². The molecule has 1 fully saturated rings. The average Bonchev–Trinajstić information content (AvgIpc) is 3.22. The Morgan fingerprint density at radius 1 is 1.52 bits per heavy atom. The number of methoxy groups -OCH3 is 1. The molecule has 0 saturated heterocycles. The van der Waals surface area contributed by atoms with Gasteiger partial charge in [0, 0.05) is 18.2 Å². The Morgan fingerprint density at radius 2 is 2.13 bits per heavy atom. The van der Waals surface area contributed by atoms with Crippen molar-refractivity contribution in [1.29, 1.82) is 0 Å². The van der Waals surface area contributed by atoms with Gasteiger partial charge >= 0.3 is 5.97 Å². The fourth-order valence-corrected chi connectivity index (χ4v) is 2.81. The molecule has 2 atom stereocenters. The topological polar surface area (TPSA) is 94.6 Å². The minimum absolute atomic E-state index is 0.0415. The molecule has 0 unspecified atom stereocenters. The van der Waals surface area contributed by atoms with Crippen LogP contribution in [0.25, 0.3) is 10.9 Å². The number of halogens is 2. The zero-order valence-electron chi connectivity index (χ0n) is 12.4. The number of hydrogen-bond acceptors (Lipinski definition) is 4. The number of nitrogens with two attached hydrogens (primary N) is 1. The van der Waals surface area contributed by atoms with Crippen LogP contribution in [-0.2, 0) is 0 Å². The molecule has 3 rings (SSSR count). The number of aromatic carboxylic acids is 1. The van der Waals surface area contributed by atoms with E-state index in [2.05, 4.69) is 0 Å². The highest BCUT2D eigenvalue weighted by Gasteiger charge is 2.41. The summed E-state index contributed by atoms with van der Waals surface area (Å²) in [5.41, 5.74) is 3.92. The first-order chi connectivity index (χ1) is 10.8. The third-order valence-corrected chi connectivity index (χ3v) is 4.10. The van der Waals surface area contributed by atoms with Gasteiger partial charge < -0.3 is 20.1 Å². The Kier molecular flexibility index (Phi) is 3.28. The van der Waals surface area contributed by atoms with Crippen LogP contribution in [0.2, 0.25) is 0 Å². The predicted octanol–water partition coefficient (Wildman–Crippen LogP) is 2.02. The molecule has 1 aromatic carbocycles. The number of aromatic nitrogens is 1. The van der Waals surface area contributed by atoms with Gasteiger partial charge in [-0.15, -0.1) is 0 Å². The van der Waals surface area contributed by atoms with Crippen LogP contribution in [-0.4, -0.2) is 28.9 Å². The molecule has 3 N–H and O–H groups in total. The standard InChI is InChI=1S/C15H14F2N2O4/c1-5-10(17)11(18)9-12(14(5)23-2)19(8-3-7(8)16)4-6(13(9)20)15(21)22/h4,7-8H,3,18H2,1-2H3,(H,21,22)/t7-,8+/m0/s1. The van der Waals surface area contributed by atoms with Gasteiger partial charge in [0.2, 0.25) is 5.43 Å². The summed E-state index contributed by atoms with van der Waals surface area (Å²) in [6.07, 6.45) is 0.0752. The first-order valence-corrected chi connectivity index (χ1v) is 6.87. The van der Waals surface area contributed by atoms with Crippen LogP contribution < -0.4 is 15.9 Å². The number of hydrogen-bond donors (Lipinski definition) is 2. The van der Waals surface area contributed by atoms with E-state index >= 15 is 0 Å². The highest BCUT2D eigenvalue weighted by atomic mass is 19.1. The molecular formula is C15H14F2N2O4. The lowest BCUT2D eigenvalue weighted by molar-refractivity contribution is 0.0694. The van der Waals surface area contributed by atoms with E-state index in [4.69, 9.17) is 10.5 Å². The Bertz CT molecular complexity index is 907. The molecule has 1 aliphatic rings. The molecule has 2 aromatic rings. The Labute approximate surface area is 129 Å². The van der Waals surface area contributed by atoms with Crippen molar-refractivity contribution >= 4 is 22.6 Å². The fourth-order valence-electron chi connectivity index (χ4n) is 2.81. The summed E-state index contributed by atoms with van der Waals surface area (Å²) < 4.78 is 34.3. The van der Waals surface area contributed by atoms with E-state index in [1.54, 1.807) is 0 Å². The number of carboxylic acids is 1. The van der Waals surface area contributed by atoms with Crippen molar-refractivity contribution in [1.82, 2.24) is 4.57 Å². The molecule has 1 aromatic heterocycles. The highest BCUT2D eigenvalue weighted by Crippen LogP contribution is 2.44. The average molecular weight is 324 g/mol. The van der Waals surface area contributed by atoms with Crippen molar-refractivity contribution in [3.05, 3.63) is 33.4 Å². The first kappa shape index (κ1) is 15.3. The van der Waals surface area contributed by atoms with E-state index < -0.39 is 40.7 Å². The molecule has 1 aliphatic carbocycles. The molecule has 23 heavy (non-hydrogen) atoms. The van der Waals surface area contributed by atoms with E-state index in [0.29, 0.717) is 0 Å². The monoisotopic (exact) mass is 324 g/mol. The molecule has 0 bridgehead atoms.